The molecule has 1 nitrogen and oxygen atoms in total. The molecule has 0 aliphatic heterocycles. The van der Waals surface area contributed by atoms with Crippen molar-refractivity contribution in [2.75, 3.05) is 14.1 Å². The van der Waals surface area contributed by atoms with Crippen LogP contribution in [0.3, 0.4) is 0 Å². The van der Waals surface area contributed by atoms with Gasteiger partial charge in [0, 0.05) is 5.54 Å². The SMILES string of the molecule is CCCC1CC(C)C(C)(N(C)C)C(C)(C)C1. The second kappa shape index (κ2) is 4.68. The van der Waals surface area contributed by atoms with Crippen molar-refractivity contribution in [3.8, 4) is 0 Å². The fourth-order valence-corrected chi connectivity index (χ4v) is 4.08. The van der Waals surface area contributed by atoms with Crippen LogP contribution >= 0.6 is 0 Å². The molecular weight excluding hydrogens is 194 g/mol. The van der Waals surface area contributed by atoms with Gasteiger partial charge in [-0.05, 0) is 51.1 Å². The Morgan fingerprint density at radius 1 is 1.19 bits per heavy atom. The Kier molecular flexibility index (Phi) is 4.10. The van der Waals surface area contributed by atoms with Crippen LogP contribution in [0.1, 0.15) is 60.3 Å². The second-order valence-electron chi connectivity index (χ2n) is 6.92. The van der Waals surface area contributed by atoms with Crippen LogP contribution in [0.5, 0.6) is 0 Å². The number of rotatable bonds is 3. The summed E-state index contributed by atoms with van der Waals surface area (Å²) in [6.07, 6.45) is 5.55. The van der Waals surface area contributed by atoms with Crippen molar-refractivity contribution in [3.05, 3.63) is 0 Å². The first-order valence-corrected chi connectivity index (χ1v) is 6.93. The number of nitrogens with zero attached hydrogens (tertiary/aromatic N) is 1. The van der Waals surface area contributed by atoms with Gasteiger partial charge in [-0.1, -0.05) is 40.5 Å². The van der Waals surface area contributed by atoms with E-state index in [1.807, 2.05) is 0 Å². The molecule has 0 N–H and O–H groups in total. The highest BCUT2D eigenvalue weighted by Gasteiger charge is 2.50. The van der Waals surface area contributed by atoms with Crippen LogP contribution < -0.4 is 0 Å². The molecule has 1 saturated carbocycles. The average Bonchev–Trinajstić information content (AvgIpc) is 2.13. The van der Waals surface area contributed by atoms with Gasteiger partial charge in [0.05, 0.1) is 0 Å². The van der Waals surface area contributed by atoms with Crippen molar-refractivity contribution in [2.24, 2.45) is 17.3 Å². The Hall–Kier alpha value is -0.0400. The summed E-state index contributed by atoms with van der Waals surface area (Å²) in [6.45, 7) is 12.2. The van der Waals surface area contributed by atoms with Gasteiger partial charge in [-0.15, -0.1) is 0 Å². The van der Waals surface area contributed by atoms with E-state index in [9.17, 15) is 0 Å². The minimum atomic E-state index is 0.344. The lowest BCUT2D eigenvalue weighted by Gasteiger charge is -2.58. The van der Waals surface area contributed by atoms with E-state index in [0.29, 0.717) is 11.0 Å². The van der Waals surface area contributed by atoms with Gasteiger partial charge in [0.15, 0.2) is 0 Å². The van der Waals surface area contributed by atoms with Crippen LogP contribution in [0, 0.1) is 17.3 Å². The van der Waals surface area contributed by atoms with E-state index in [1.165, 1.54) is 25.7 Å². The van der Waals surface area contributed by atoms with Crippen molar-refractivity contribution >= 4 is 0 Å². The second-order valence-corrected chi connectivity index (χ2v) is 6.92. The van der Waals surface area contributed by atoms with Gasteiger partial charge >= 0.3 is 0 Å². The van der Waals surface area contributed by atoms with E-state index in [0.717, 1.165) is 11.8 Å². The minimum absolute atomic E-state index is 0.344. The third-order valence-electron chi connectivity index (χ3n) is 5.44. The minimum Gasteiger partial charge on any atom is -0.303 e. The summed E-state index contributed by atoms with van der Waals surface area (Å²) in [6, 6.07) is 0. The van der Waals surface area contributed by atoms with Crippen LogP contribution in [0.15, 0.2) is 0 Å². The predicted molar refractivity (Wildman–Crippen MR) is 72.7 cm³/mol. The first-order valence-electron chi connectivity index (χ1n) is 6.93. The van der Waals surface area contributed by atoms with E-state index in [1.54, 1.807) is 0 Å². The molecule has 1 fully saturated rings. The van der Waals surface area contributed by atoms with Crippen molar-refractivity contribution in [1.82, 2.24) is 4.90 Å². The molecule has 16 heavy (non-hydrogen) atoms. The molecule has 3 unspecified atom stereocenters. The van der Waals surface area contributed by atoms with Crippen molar-refractivity contribution in [2.45, 2.75) is 65.8 Å². The van der Waals surface area contributed by atoms with Crippen LogP contribution in [0.25, 0.3) is 0 Å². The fourth-order valence-electron chi connectivity index (χ4n) is 4.08. The fraction of sp³-hybridized carbons (Fsp3) is 1.00. The van der Waals surface area contributed by atoms with Gasteiger partial charge in [-0.2, -0.15) is 0 Å². The van der Waals surface area contributed by atoms with Crippen molar-refractivity contribution < 1.29 is 0 Å². The van der Waals surface area contributed by atoms with Gasteiger partial charge < -0.3 is 4.90 Å². The Morgan fingerprint density at radius 3 is 2.12 bits per heavy atom. The highest BCUT2D eigenvalue weighted by molar-refractivity contribution is 5.04. The van der Waals surface area contributed by atoms with E-state index >= 15 is 0 Å². The van der Waals surface area contributed by atoms with Gasteiger partial charge in [-0.25, -0.2) is 0 Å². The van der Waals surface area contributed by atoms with Crippen LogP contribution in [-0.2, 0) is 0 Å². The molecule has 1 aliphatic rings. The first kappa shape index (κ1) is 14.0. The molecule has 1 heteroatoms. The normalized spacial score (nSPS) is 39.0. The third kappa shape index (κ3) is 2.16. The predicted octanol–water partition coefficient (Wildman–Crippen LogP) is 4.18. The van der Waals surface area contributed by atoms with Crippen molar-refractivity contribution in [3.63, 3.8) is 0 Å². The lowest BCUT2D eigenvalue weighted by Crippen LogP contribution is -2.60. The molecular formula is C15H31N. The Bertz CT molecular complexity index is 232. The Morgan fingerprint density at radius 2 is 1.75 bits per heavy atom. The molecule has 3 atom stereocenters. The van der Waals surface area contributed by atoms with E-state index in [4.69, 9.17) is 0 Å². The van der Waals surface area contributed by atoms with Crippen LogP contribution in [0.2, 0.25) is 0 Å². The Balaban J connectivity index is 2.91. The molecule has 0 radical (unpaired) electrons. The zero-order valence-corrected chi connectivity index (χ0v) is 12.4. The summed E-state index contributed by atoms with van der Waals surface area (Å²) in [4.78, 5) is 2.46. The molecule has 0 spiro atoms. The monoisotopic (exact) mass is 225 g/mol. The first-order chi connectivity index (χ1) is 7.25. The summed E-state index contributed by atoms with van der Waals surface area (Å²) in [5.41, 5.74) is 0.769. The van der Waals surface area contributed by atoms with E-state index < -0.39 is 0 Å². The number of hydrogen-bond acceptors (Lipinski definition) is 1. The van der Waals surface area contributed by atoms with Crippen molar-refractivity contribution in [1.29, 1.82) is 0 Å². The summed E-state index contributed by atoms with van der Waals surface area (Å²) >= 11 is 0. The molecule has 0 saturated heterocycles. The topological polar surface area (TPSA) is 3.24 Å². The maximum atomic E-state index is 2.46. The molecule has 0 heterocycles. The summed E-state index contributed by atoms with van der Waals surface area (Å²) in [5.74, 6) is 1.74. The Labute approximate surface area is 103 Å². The lowest BCUT2D eigenvalue weighted by atomic mass is 9.55. The summed E-state index contributed by atoms with van der Waals surface area (Å²) in [5, 5.41) is 0. The lowest BCUT2D eigenvalue weighted by molar-refractivity contribution is -0.0687. The smallest absolute Gasteiger partial charge is 0.0251 e. The van der Waals surface area contributed by atoms with E-state index in [-0.39, 0.29) is 0 Å². The maximum Gasteiger partial charge on any atom is 0.0251 e. The molecule has 0 aromatic rings. The molecule has 96 valence electrons. The summed E-state index contributed by atoms with van der Waals surface area (Å²) in [7, 11) is 4.50. The van der Waals surface area contributed by atoms with Crippen LogP contribution in [-0.4, -0.2) is 24.5 Å². The standard InChI is InChI=1S/C15H31N/c1-8-9-13-10-12(2)15(5,16(6)7)14(3,4)11-13/h12-13H,8-11H2,1-7H3. The largest absolute Gasteiger partial charge is 0.303 e. The molecule has 0 amide bonds. The quantitative estimate of drug-likeness (QED) is 0.696. The molecule has 0 aromatic heterocycles. The maximum absolute atomic E-state index is 2.46. The number of hydrogen-bond donors (Lipinski definition) is 0. The van der Waals surface area contributed by atoms with Gasteiger partial charge in [-0.3, -0.25) is 0 Å². The zero-order valence-electron chi connectivity index (χ0n) is 12.4. The van der Waals surface area contributed by atoms with Gasteiger partial charge in [0.2, 0.25) is 0 Å². The summed E-state index contributed by atoms with van der Waals surface area (Å²) < 4.78 is 0. The third-order valence-corrected chi connectivity index (χ3v) is 5.44. The van der Waals surface area contributed by atoms with Gasteiger partial charge in [0.25, 0.3) is 0 Å². The molecule has 1 rings (SSSR count). The van der Waals surface area contributed by atoms with E-state index in [2.05, 4.69) is 53.6 Å². The average molecular weight is 225 g/mol. The van der Waals surface area contributed by atoms with Crippen LogP contribution in [0.4, 0.5) is 0 Å². The molecule has 1 aliphatic carbocycles. The molecule has 0 aromatic carbocycles. The molecule has 0 bridgehead atoms. The van der Waals surface area contributed by atoms with Gasteiger partial charge in [0.1, 0.15) is 0 Å². The highest BCUT2D eigenvalue weighted by atomic mass is 15.2. The highest BCUT2D eigenvalue weighted by Crippen LogP contribution is 2.52. The zero-order chi connectivity index (χ0) is 12.6.